The summed E-state index contributed by atoms with van der Waals surface area (Å²) in [6.45, 7) is 4.52. The Bertz CT molecular complexity index is 682. The SMILES string of the molecule is CC1CCCN(C(=O)c2ccc(NCc3ccc(F)cc3)cc2)C1. The Morgan fingerprint density at radius 1 is 1.17 bits per heavy atom. The fourth-order valence-electron chi connectivity index (χ4n) is 3.09. The van der Waals surface area contributed by atoms with Gasteiger partial charge in [0.25, 0.3) is 5.91 Å². The number of hydrogen-bond donors (Lipinski definition) is 1. The van der Waals surface area contributed by atoms with Gasteiger partial charge in [0.15, 0.2) is 0 Å². The molecule has 3 nitrogen and oxygen atoms in total. The number of nitrogens with one attached hydrogen (secondary N) is 1. The summed E-state index contributed by atoms with van der Waals surface area (Å²) in [5.74, 6) is 0.472. The van der Waals surface area contributed by atoms with Crippen LogP contribution in [0.3, 0.4) is 0 Å². The predicted molar refractivity (Wildman–Crippen MR) is 94.5 cm³/mol. The van der Waals surface area contributed by atoms with Gasteiger partial charge in [-0.1, -0.05) is 19.1 Å². The lowest BCUT2D eigenvalue weighted by Crippen LogP contribution is -2.39. The van der Waals surface area contributed by atoms with E-state index in [1.807, 2.05) is 29.2 Å². The van der Waals surface area contributed by atoms with Crippen LogP contribution in [0, 0.1) is 11.7 Å². The van der Waals surface area contributed by atoms with Crippen molar-refractivity contribution in [3.8, 4) is 0 Å². The highest BCUT2D eigenvalue weighted by Gasteiger charge is 2.21. The lowest BCUT2D eigenvalue weighted by atomic mass is 9.99. The maximum atomic E-state index is 12.9. The molecule has 1 fully saturated rings. The zero-order chi connectivity index (χ0) is 16.9. The van der Waals surface area contributed by atoms with Crippen LogP contribution < -0.4 is 5.32 Å². The molecule has 2 aromatic rings. The van der Waals surface area contributed by atoms with Gasteiger partial charge in [-0.3, -0.25) is 4.79 Å². The molecule has 1 amide bonds. The molecule has 2 aromatic carbocycles. The first-order valence-corrected chi connectivity index (χ1v) is 8.49. The van der Waals surface area contributed by atoms with Gasteiger partial charge in [0.2, 0.25) is 0 Å². The van der Waals surface area contributed by atoms with E-state index in [0.717, 1.165) is 36.3 Å². The number of halogens is 1. The van der Waals surface area contributed by atoms with Crippen molar-refractivity contribution in [2.45, 2.75) is 26.3 Å². The highest BCUT2D eigenvalue weighted by Crippen LogP contribution is 2.19. The number of rotatable bonds is 4. The summed E-state index contributed by atoms with van der Waals surface area (Å²) in [5.41, 5.74) is 2.69. The van der Waals surface area contributed by atoms with Crippen LogP contribution in [0.4, 0.5) is 10.1 Å². The Hall–Kier alpha value is -2.36. The number of nitrogens with zero attached hydrogens (tertiary/aromatic N) is 1. The van der Waals surface area contributed by atoms with Crippen LogP contribution in [0.15, 0.2) is 48.5 Å². The zero-order valence-corrected chi connectivity index (χ0v) is 14.0. The van der Waals surface area contributed by atoms with E-state index in [0.29, 0.717) is 12.5 Å². The number of likely N-dealkylation sites (tertiary alicyclic amines) is 1. The van der Waals surface area contributed by atoms with Crippen molar-refractivity contribution in [1.82, 2.24) is 4.90 Å². The molecule has 1 N–H and O–H groups in total. The Morgan fingerprint density at radius 3 is 2.54 bits per heavy atom. The van der Waals surface area contributed by atoms with Crippen LogP contribution in [0.2, 0.25) is 0 Å². The van der Waals surface area contributed by atoms with E-state index in [1.165, 1.54) is 18.6 Å². The third-order valence-corrected chi connectivity index (χ3v) is 4.49. The lowest BCUT2D eigenvalue weighted by Gasteiger charge is -2.31. The normalized spacial score (nSPS) is 17.6. The maximum absolute atomic E-state index is 12.9. The van der Waals surface area contributed by atoms with Gasteiger partial charge >= 0.3 is 0 Å². The molecular weight excluding hydrogens is 303 g/mol. The first-order chi connectivity index (χ1) is 11.6. The van der Waals surface area contributed by atoms with Gasteiger partial charge in [0.05, 0.1) is 0 Å². The zero-order valence-electron chi connectivity index (χ0n) is 14.0. The molecule has 126 valence electrons. The molecule has 1 aliphatic heterocycles. The van der Waals surface area contributed by atoms with Crippen LogP contribution in [0.25, 0.3) is 0 Å². The summed E-state index contributed by atoms with van der Waals surface area (Å²) in [6, 6.07) is 14.0. The van der Waals surface area contributed by atoms with E-state index in [1.54, 1.807) is 12.1 Å². The van der Waals surface area contributed by atoms with Gasteiger partial charge in [0.1, 0.15) is 5.82 Å². The first-order valence-electron chi connectivity index (χ1n) is 8.49. The molecular formula is C20H23FN2O. The van der Waals surface area contributed by atoms with Crippen LogP contribution in [0.1, 0.15) is 35.7 Å². The van der Waals surface area contributed by atoms with Crippen molar-refractivity contribution in [1.29, 1.82) is 0 Å². The summed E-state index contributed by atoms with van der Waals surface area (Å²) in [7, 11) is 0. The Morgan fingerprint density at radius 2 is 1.88 bits per heavy atom. The van der Waals surface area contributed by atoms with Crippen molar-refractivity contribution in [2.75, 3.05) is 18.4 Å². The van der Waals surface area contributed by atoms with Crippen LogP contribution in [-0.2, 0) is 6.54 Å². The quantitative estimate of drug-likeness (QED) is 0.908. The first kappa shape index (κ1) is 16.5. The Balaban J connectivity index is 1.58. The highest BCUT2D eigenvalue weighted by atomic mass is 19.1. The summed E-state index contributed by atoms with van der Waals surface area (Å²) in [5, 5.41) is 3.29. The second-order valence-electron chi connectivity index (χ2n) is 6.56. The molecule has 0 bridgehead atoms. The van der Waals surface area contributed by atoms with E-state index in [-0.39, 0.29) is 11.7 Å². The van der Waals surface area contributed by atoms with Crippen molar-refractivity contribution >= 4 is 11.6 Å². The smallest absolute Gasteiger partial charge is 0.253 e. The minimum absolute atomic E-state index is 0.117. The molecule has 1 unspecified atom stereocenters. The van der Waals surface area contributed by atoms with Crippen LogP contribution in [0.5, 0.6) is 0 Å². The Kier molecular flexibility index (Phi) is 5.14. The molecule has 24 heavy (non-hydrogen) atoms. The summed E-state index contributed by atoms with van der Waals surface area (Å²) >= 11 is 0. The number of amides is 1. The van der Waals surface area contributed by atoms with Crippen molar-refractivity contribution in [2.24, 2.45) is 5.92 Å². The molecule has 0 saturated carbocycles. The van der Waals surface area contributed by atoms with Gasteiger partial charge in [-0.15, -0.1) is 0 Å². The monoisotopic (exact) mass is 326 g/mol. The number of benzene rings is 2. The van der Waals surface area contributed by atoms with Crippen molar-refractivity contribution < 1.29 is 9.18 Å². The molecule has 1 atom stereocenters. The van der Waals surface area contributed by atoms with Gasteiger partial charge in [-0.05, 0) is 60.7 Å². The highest BCUT2D eigenvalue weighted by molar-refractivity contribution is 5.94. The second-order valence-corrected chi connectivity index (χ2v) is 6.56. The van der Waals surface area contributed by atoms with Crippen LogP contribution >= 0.6 is 0 Å². The van der Waals surface area contributed by atoms with E-state index >= 15 is 0 Å². The minimum Gasteiger partial charge on any atom is -0.381 e. The third kappa shape index (κ3) is 4.13. The fourth-order valence-corrected chi connectivity index (χ4v) is 3.09. The molecule has 4 heteroatoms. The van der Waals surface area contributed by atoms with E-state index in [9.17, 15) is 9.18 Å². The molecule has 0 radical (unpaired) electrons. The molecule has 0 spiro atoms. The molecule has 1 saturated heterocycles. The second kappa shape index (κ2) is 7.47. The lowest BCUT2D eigenvalue weighted by molar-refractivity contribution is 0.0683. The fraction of sp³-hybridized carbons (Fsp3) is 0.350. The Labute approximate surface area is 142 Å². The molecule has 0 aliphatic carbocycles. The minimum atomic E-state index is -0.228. The summed E-state index contributed by atoms with van der Waals surface area (Å²) in [4.78, 5) is 14.5. The number of carbonyl (C=O) groups is 1. The van der Waals surface area contributed by atoms with E-state index in [2.05, 4.69) is 12.2 Å². The third-order valence-electron chi connectivity index (χ3n) is 4.49. The molecule has 1 heterocycles. The summed E-state index contributed by atoms with van der Waals surface area (Å²) in [6.07, 6.45) is 2.29. The largest absolute Gasteiger partial charge is 0.381 e. The van der Waals surface area contributed by atoms with Crippen LogP contribution in [-0.4, -0.2) is 23.9 Å². The standard InChI is InChI=1S/C20H23FN2O/c1-15-3-2-12-23(14-15)20(24)17-6-10-19(11-7-17)22-13-16-4-8-18(21)9-5-16/h4-11,15,22H,2-3,12-14H2,1H3. The van der Waals surface area contributed by atoms with Gasteiger partial charge in [-0.25, -0.2) is 4.39 Å². The number of carbonyl (C=O) groups excluding carboxylic acids is 1. The molecule has 3 rings (SSSR count). The van der Waals surface area contributed by atoms with E-state index < -0.39 is 0 Å². The number of piperidine rings is 1. The number of hydrogen-bond acceptors (Lipinski definition) is 2. The average molecular weight is 326 g/mol. The molecule has 0 aromatic heterocycles. The average Bonchev–Trinajstić information content (AvgIpc) is 2.61. The van der Waals surface area contributed by atoms with Crippen molar-refractivity contribution in [3.63, 3.8) is 0 Å². The van der Waals surface area contributed by atoms with Gasteiger partial charge in [-0.2, -0.15) is 0 Å². The van der Waals surface area contributed by atoms with Crippen molar-refractivity contribution in [3.05, 3.63) is 65.5 Å². The maximum Gasteiger partial charge on any atom is 0.253 e. The van der Waals surface area contributed by atoms with Gasteiger partial charge < -0.3 is 10.2 Å². The predicted octanol–water partition coefficient (Wildman–Crippen LogP) is 4.31. The van der Waals surface area contributed by atoms with E-state index in [4.69, 9.17) is 0 Å². The topological polar surface area (TPSA) is 32.3 Å². The van der Waals surface area contributed by atoms with Gasteiger partial charge in [0, 0.05) is 30.9 Å². The molecule has 1 aliphatic rings. The number of anilines is 1. The summed E-state index contributed by atoms with van der Waals surface area (Å²) < 4.78 is 12.9.